The fraction of sp³-hybridized carbons (Fsp3) is 0.500. The van der Waals surface area contributed by atoms with Gasteiger partial charge in [0.05, 0.1) is 19.2 Å². The molecule has 0 N–H and O–H groups in total. The van der Waals surface area contributed by atoms with Crippen LogP contribution in [0.3, 0.4) is 0 Å². The lowest BCUT2D eigenvalue weighted by Crippen LogP contribution is -2.10. The third-order valence-corrected chi connectivity index (χ3v) is 2.20. The second kappa shape index (κ2) is 2.62. The number of ether oxygens (including phenoxy) is 1. The molecule has 0 saturated heterocycles. The van der Waals surface area contributed by atoms with Gasteiger partial charge in [-0.3, -0.25) is 4.79 Å². The molecule has 1 atom stereocenters. The molecular formula is C8H9NO3. The van der Waals surface area contributed by atoms with Gasteiger partial charge in [-0.15, -0.1) is 0 Å². The molecule has 0 amide bonds. The first kappa shape index (κ1) is 7.34. The van der Waals surface area contributed by atoms with Gasteiger partial charge in [-0.05, 0) is 6.42 Å². The van der Waals surface area contributed by atoms with Gasteiger partial charge >= 0.3 is 5.97 Å². The van der Waals surface area contributed by atoms with E-state index in [9.17, 15) is 4.79 Å². The Kier molecular flexibility index (Phi) is 1.60. The number of carbonyl (C=O) groups excluding carboxylic acids is 1. The van der Waals surface area contributed by atoms with Gasteiger partial charge in [0.2, 0.25) is 0 Å². The van der Waals surface area contributed by atoms with Crippen molar-refractivity contribution in [3.8, 4) is 0 Å². The van der Waals surface area contributed by atoms with Crippen LogP contribution in [0.2, 0.25) is 0 Å². The number of carbonyl (C=O) groups is 1. The van der Waals surface area contributed by atoms with Gasteiger partial charge in [-0.1, -0.05) is 5.16 Å². The molecule has 64 valence electrons. The van der Waals surface area contributed by atoms with Crippen LogP contribution in [0.25, 0.3) is 0 Å². The molecule has 4 heteroatoms. The van der Waals surface area contributed by atoms with E-state index in [-0.39, 0.29) is 11.9 Å². The number of esters is 1. The molecule has 1 aromatic heterocycles. The fourth-order valence-corrected chi connectivity index (χ4v) is 1.56. The van der Waals surface area contributed by atoms with Crippen molar-refractivity contribution < 1.29 is 14.1 Å². The second-order valence-electron chi connectivity index (χ2n) is 2.82. The highest BCUT2D eigenvalue weighted by molar-refractivity contribution is 5.79. The third kappa shape index (κ3) is 0.913. The van der Waals surface area contributed by atoms with Crippen LogP contribution in [0.5, 0.6) is 0 Å². The summed E-state index contributed by atoms with van der Waals surface area (Å²) in [7, 11) is 1.40. The van der Waals surface area contributed by atoms with Crippen LogP contribution in [0.15, 0.2) is 10.7 Å². The molecule has 0 radical (unpaired) electrons. The summed E-state index contributed by atoms with van der Waals surface area (Å²) in [5, 5.41) is 3.63. The Morgan fingerprint density at radius 1 is 1.83 bits per heavy atom. The highest BCUT2D eigenvalue weighted by atomic mass is 16.5. The molecule has 1 heterocycles. The van der Waals surface area contributed by atoms with Crippen LogP contribution >= 0.6 is 0 Å². The number of nitrogens with zero attached hydrogens (tertiary/aromatic N) is 1. The maximum atomic E-state index is 11.2. The summed E-state index contributed by atoms with van der Waals surface area (Å²) in [6.45, 7) is 0. The van der Waals surface area contributed by atoms with Crippen molar-refractivity contribution in [3.05, 3.63) is 17.5 Å². The lowest BCUT2D eigenvalue weighted by Gasteiger charge is -2.04. The van der Waals surface area contributed by atoms with Crippen LogP contribution in [0, 0.1) is 0 Å². The minimum Gasteiger partial charge on any atom is -0.469 e. The summed E-state index contributed by atoms with van der Waals surface area (Å²) in [4.78, 5) is 11.2. The number of rotatable bonds is 1. The van der Waals surface area contributed by atoms with Crippen molar-refractivity contribution in [3.63, 3.8) is 0 Å². The van der Waals surface area contributed by atoms with Crippen molar-refractivity contribution >= 4 is 5.97 Å². The molecule has 1 aliphatic rings. The SMILES string of the molecule is COC(=O)[C@H]1CCc2oncc21. The zero-order chi connectivity index (χ0) is 8.55. The Hall–Kier alpha value is -1.32. The normalized spacial score (nSPS) is 20.6. The molecule has 0 fully saturated rings. The van der Waals surface area contributed by atoms with Crippen LogP contribution in [0.1, 0.15) is 23.7 Å². The summed E-state index contributed by atoms with van der Waals surface area (Å²) in [5.41, 5.74) is 0.891. The maximum Gasteiger partial charge on any atom is 0.313 e. The molecule has 2 rings (SSSR count). The van der Waals surface area contributed by atoms with Gasteiger partial charge in [0, 0.05) is 12.0 Å². The predicted molar refractivity (Wildman–Crippen MR) is 39.6 cm³/mol. The summed E-state index contributed by atoms with van der Waals surface area (Å²) >= 11 is 0. The zero-order valence-electron chi connectivity index (χ0n) is 6.74. The topological polar surface area (TPSA) is 52.3 Å². The minimum atomic E-state index is -0.197. The molecule has 1 aromatic rings. The van der Waals surface area contributed by atoms with Crippen LogP contribution in [-0.2, 0) is 16.0 Å². The molecule has 0 spiro atoms. The summed E-state index contributed by atoms with van der Waals surface area (Å²) < 4.78 is 9.60. The van der Waals surface area contributed by atoms with E-state index in [2.05, 4.69) is 9.89 Å². The first-order valence-corrected chi connectivity index (χ1v) is 3.84. The van der Waals surface area contributed by atoms with Crippen molar-refractivity contribution in [1.29, 1.82) is 0 Å². The number of aromatic nitrogens is 1. The highest BCUT2D eigenvalue weighted by Gasteiger charge is 2.32. The number of fused-ring (bicyclic) bond motifs is 1. The van der Waals surface area contributed by atoms with E-state index in [0.717, 1.165) is 24.2 Å². The molecule has 12 heavy (non-hydrogen) atoms. The molecule has 4 nitrogen and oxygen atoms in total. The standard InChI is InChI=1S/C8H9NO3/c1-11-8(10)5-2-3-7-6(5)4-9-12-7/h4-5H,2-3H2,1H3/t5-/m0/s1. The molecule has 0 unspecified atom stereocenters. The Morgan fingerprint density at radius 2 is 2.67 bits per heavy atom. The Labute approximate surface area is 69.5 Å². The Morgan fingerprint density at radius 3 is 3.42 bits per heavy atom. The number of hydrogen-bond acceptors (Lipinski definition) is 4. The van der Waals surface area contributed by atoms with Crippen molar-refractivity contribution in [2.75, 3.05) is 7.11 Å². The van der Waals surface area contributed by atoms with E-state index in [1.165, 1.54) is 7.11 Å². The van der Waals surface area contributed by atoms with E-state index in [0.29, 0.717) is 0 Å². The van der Waals surface area contributed by atoms with Crippen LogP contribution < -0.4 is 0 Å². The van der Waals surface area contributed by atoms with E-state index < -0.39 is 0 Å². The average Bonchev–Trinajstić information content (AvgIpc) is 2.62. The van der Waals surface area contributed by atoms with Crippen LogP contribution in [0.4, 0.5) is 0 Å². The van der Waals surface area contributed by atoms with E-state index in [1.54, 1.807) is 6.20 Å². The lowest BCUT2D eigenvalue weighted by atomic mass is 10.1. The fourth-order valence-electron chi connectivity index (χ4n) is 1.56. The van der Waals surface area contributed by atoms with E-state index in [1.807, 2.05) is 0 Å². The van der Waals surface area contributed by atoms with Crippen molar-refractivity contribution in [2.24, 2.45) is 0 Å². The largest absolute Gasteiger partial charge is 0.469 e. The Bertz CT molecular complexity index is 305. The van der Waals surface area contributed by atoms with Gasteiger partial charge < -0.3 is 9.26 Å². The predicted octanol–water partition coefficient (Wildman–Crippen LogP) is 0.877. The maximum absolute atomic E-state index is 11.2. The molecule has 0 bridgehead atoms. The van der Waals surface area contributed by atoms with Crippen LogP contribution in [-0.4, -0.2) is 18.2 Å². The van der Waals surface area contributed by atoms with E-state index >= 15 is 0 Å². The summed E-state index contributed by atoms with van der Waals surface area (Å²) in [6, 6.07) is 0. The molecule has 1 aliphatic carbocycles. The molecule has 0 aliphatic heterocycles. The van der Waals surface area contributed by atoms with E-state index in [4.69, 9.17) is 4.52 Å². The highest BCUT2D eigenvalue weighted by Crippen LogP contribution is 2.33. The summed E-state index contributed by atoms with van der Waals surface area (Å²) in [5.74, 6) is 0.471. The quantitative estimate of drug-likeness (QED) is 0.582. The third-order valence-electron chi connectivity index (χ3n) is 2.20. The van der Waals surface area contributed by atoms with Gasteiger partial charge in [0.1, 0.15) is 5.76 Å². The average molecular weight is 167 g/mol. The molecular weight excluding hydrogens is 158 g/mol. The Balaban J connectivity index is 2.28. The van der Waals surface area contributed by atoms with Crippen molar-refractivity contribution in [2.45, 2.75) is 18.8 Å². The van der Waals surface area contributed by atoms with Crippen molar-refractivity contribution in [1.82, 2.24) is 5.16 Å². The first-order valence-electron chi connectivity index (χ1n) is 3.84. The lowest BCUT2D eigenvalue weighted by molar-refractivity contribution is -0.142. The first-order chi connectivity index (χ1) is 5.83. The second-order valence-corrected chi connectivity index (χ2v) is 2.82. The zero-order valence-corrected chi connectivity index (χ0v) is 6.74. The van der Waals surface area contributed by atoms with Gasteiger partial charge in [0.15, 0.2) is 0 Å². The molecule has 0 aromatic carbocycles. The smallest absolute Gasteiger partial charge is 0.313 e. The van der Waals surface area contributed by atoms with Gasteiger partial charge in [-0.25, -0.2) is 0 Å². The minimum absolute atomic E-state index is 0.156. The number of hydrogen-bond donors (Lipinski definition) is 0. The monoisotopic (exact) mass is 167 g/mol. The number of methoxy groups -OCH3 is 1. The van der Waals surface area contributed by atoms with Gasteiger partial charge in [0.25, 0.3) is 0 Å². The number of aryl methyl sites for hydroxylation is 1. The molecule has 0 saturated carbocycles. The summed E-state index contributed by atoms with van der Waals surface area (Å²) in [6.07, 6.45) is 3.17. The van der Waals surface area contributed by atoms with Gasteiger partial charge in [-0.2, -0.15) is 0 Å².